The highest BCUT2D eigenvalue weighted by Crippen LogP contribution is 2.36. The largest absolute Gasteiger partial charge is 0.396 e. The summed E-state index contributed by atoms with van der Waals surface area (Å²) >= 11 is 0. The van der Waals surface area contributed by atoms with E-state index in [4.69, 9.17) is 4.74 Å². The molecule has 0 bridgehead atoms. The minimum Gasteiger partial charge on any atom is -0.396 e. The monoisotopic (exact) mass is 257 g/mol. The molecule has 0 amide bonds. The first-order valence-electron chi connectivity index (χ1n) is 7.33. The summed E-state index contributed by atoms with van der Waals surface area (Å²) in [4.78, 5) is 2.32. The molecule has 2 aliphatic rings. The van der Waals surface area contributed by atoms with E-state index in [9.17, 15) is 10.2 Å². The summed E-state index contributed by atoms with van der Waals surface area (Å²) in [5.74, 6) is 0. The van der Waals surface area contributed by atoms with Crippen LogP contribution in [0.5, 0.6) is 0 Å². The van der Waals surface area contributed by atoms with Gasteiger partial charge in [-0.2, -0.15) is 0 Å². The molecule has 0 aromatic heterocycles. The first kappa shape index (κ1) is 14.3. The van der Waals surface area contributed by atoms with E-state index in [0.29, 0.717) is 6.61 Å². The van der Waals surface area contributed by atoms with E-state index < -0.39 is 0 Å². The van der Waals surface area contributed by atoms with Crippen molar-refractivity contribution in [3.05, 3.63) is 0 Å². The Morgan fingerprint density at radius 2 is 1.83 bits per heavy atom. The van der Waals surface area contributed by atoms with Crippen molar-refractivity contribution >= 4 is 0 Å². The Bertz CT molecular complexity index is 239. The lowest BCUT2D eigenvalue weighted by Gasteiger charge is -2.42. The minimum absolute atomic E-state index is 0.0568. The maximum absolute atomic E-state index is 9.84. The molecule has 106 valence electrons. The predicted molar refractivity (Wildman–Crippen MR) is 70.5 cm³/mol. The fourth-order valence-corrected chi connectivity index (χ4v) is 3.34. The summed E-state index contributed by atoms with van der Waals surface area (Å²) in [6.45, 7) is 3.60. The van der Waals surface area contributed by atoms with Crippen LogP contribution in [0.1, 0.15) is 38.5 Å². The zero-order chi connectivity index (χ0) is 12.8. The topological polar surface area (TPSA) is 52.9 Å². The van der Waals surface area contributed by atoms with E-state index >= 15 is 0 Å². The maximum atomic E-state index is 9.84. The van der Waals surface area contributed by atoms with E-state index in [1.807, 2.05) is 0 Å². The molecule has 0 aromatic rings. The number of aliphatic hydroxyl groups excluding tert-OH is 2. The zero-order valence-corrected chi connectivity index (χ0v) is 11.3. The second-order valence-electron chi connectivity index (χ2n) is 5.95. The molecule has 4 nitrogen and oxygen atoms in total. The second-order valence-corrected chi connectivity index (χ2v) is 5.95. The summed E-state index contributed by atoms with van der Waals surface area (Å²) in [5, 5.41) is 19.3. The molecule has 1 aliphatic carbocycles. The number of morpholine rings is 1. The first-order valence-corrected chi connectivity index (χ1v) is 7.33. The van der Waals surface area contributed by atoms with Crippen molar-refractivity contribution in [2.45, 2.75) is 44.6 Å². The van der Waals surface area contributed by atoms with Gasteiger partial charge in [-0.3, -0.25) is 4.90 Å². The summed E-state index contributed by atoms with van der Waals surface area (Å²) in [6.07, 6.45) is 7.31. The lowest BCUT2D eigenvalue weighted by atomic mass is 9.80. The third-order valence-corrected chi connectivity index (χ3v) is 4.60. The van der Waals surface area contributed by atoms with Crippen molar-refractivity contribution in [3.63, 3.8) is 0 Å². The average Bonchev–Trinajstić information content (AvgIpc) is 2.66. The van der Waals surface area contributed by atoms with Gasteiger partial charge < -0.3 is 14.9 Å². The lowest BCUT2D eigenvalue weighted by Crippen LogP contribution is -2.52. The minimum atomic E-state index is 0.0568. The van der Waals surface area contributed by atoms with Gasteiger partial charge in [-0.25, -0.2) is 0 Å². The van der Waals surface area contributed by atoms with Crippen LogP contribution < -0.4 is 0 Å². The van der Waals surface area contributed by atoms with Gasteiger partial charge in [0.2, 0.25) is 0 Å². The summed E-state index contributed by atoms with van der Waals surface area (Å²) in [7, 11) is 0. The van der Waals surface area contributed by atoms with Gasteiger partial charge in [-0.15, -0.1) is 0 Å². The first-order chi connectivity index (χ1) is 8.79. The Kier molecular flexibility index (Phi) is 5.42. The van der Waals surface area contributed by atoms with Crippen LogP contribution in [0.25, 0.3) is 0 Å². The quantitative estimate of drug-likeness (QED) is 0.738. The van der Waals surface area contributed by atoms with Crippen molar-refractivity contribution in [3.8, 4) is 0 Å². The molecular weight excluding hydrogens is 230 g/mol. The van der Waals surface area contributed by atoms with Crippen LogP contribution in [0.4, 0.5) is 0 Å². The SMILES string of the molecule is OCC1COCCN1CC1(CO)CCCCCC1. The molecule has 1 saturated heterocycles. The molecule has 2 N–H and O–H groups in total. The number of rotatable bonds is 4. The van der Waals surface area contributed by atoms with Gasteiger partial charge in [0.1, 0.15) is 0 Å². The lowest BCUT2D eigenvalue weighted by molar-refractivity contribution is -0.0552. The van der Waals surface area contributed by atoms with Gasteiger partial charge in [-0.05, 0) is 12.8 Å². The number of nitrogens with zero attached hydrogens (tertiary/aromatic N) is 1. The van der Waals surface area contributed by atoms with Gasteiger partial charge >= 0.3 is 0 Å². The Morgan fingerprint density at radius 3 is 2.44 bits per heavy atom. The van der Waals surface area contributed by atoms with E-state index in [2.05, 4.69) is 4.90 Å². The fraction of sp³-hybridized carbons (Fsp3) is 1.00. The molecule has 1 heterocycles. The smallest absolute Gasteiger partial charge is 0.0644 e. The van der Waals surface area contributed by atoms with Gasteiger partial charge in [0.25, 0.3) is 0 Å². The third kappa shape index (κ3) is 3.44. The van der Waals surface area contributed by atoms with Crippen molar-refractivity contribution < 1.29 is 14.9 Å². The molecule has 1 unspecified atom stereocenters. The standard InChI is InChI=1S/C14H27NO3/c16-9-13-10-18-8-7-15(13)11-14(12-17)5-3-1-2-4-6-14/h13,16-17H,1-12H2. The molecular formula is C14H27NO3. The van der Waals surface area contributed by atoms with E-state index in [0.717, 1.165) is 32.5 Å². The maximum Gasteiger partial charge on any atom is 0.0644 e. The Hall–Kier alpha value is -0.160. The highest BCUT2D eigenvalue weighted by molar-refractivity contribution is 4.87. The molecule has 2 rings (SSSR count). The predicted octanol–water partition coefficient (Wildman–Crippen LogP) is 1.01. The van der Waals surface area contributed by atoms with Crippen LogP contribution in [0.15, 0.2) is 0 Å². The molecule has 1 saturated carbocycles. The van der Waals surface area contributed by atoms with E-state index in [1.165, 1.54) is 25.7 Å². The van der Waals surface area contributed by atoms with Crippen molar-refractivity contribution in [1.29, 1.82) is 0 Å². The van der Waals surface area contributed by atoms with Crippen LogP contribution in [-0.2, 0) is 4.74 Å². The Morgan fingerprint density at radius 1 is 1.11 bits per heavy atom. The summed E-state index contributed by atoms with van der Waals surface area (Å²) in [5.41, 5.74) is 0.0568. The van der Waals surface area contributed by atoms with Crippen LogP contribution in [0.3, 0.4) is 0 Å². The Balaban J connectivity index is 1.98. The summed E-state index contributed by atoms with van der Waals surface area (Å²) < 4.78 is 5.42. The molecule has 0 spiro atoms. The number of hydrogen-bond acceptors (Lipinski definition) is 4. The molecule has 0 radical (unpaired) electrons. The highest BCUT2D eigenvalue weighted by Gasteiger charge is 2.35. The van der Waals surface area contributed by atoms with Gasteiger partial charge in [0.15, 0.2) is 0 Å². The van der Waals surface area contributed by atoms with Gasteiger partial charge in [0.05, 0.1) is 25.9 Å². The van der Waals surface area contributed by atoms with E-state index in [1.54, 1.807) is 0 Å². The van der Waals surface area contributed by atoms with Crippen LogP contribution in [0, 0.1) is 5.41 Å². The highest BCUT2D eigenvalue weighted by atomic mass is 16.5. The third-order valence-electron chi connectivity index (χ3n) is 4.60. The van der Waals surface area contributed by atoms with E-state index in [-0.39, 0.29) is 24.7 Å². The van der Waals surface area contributed by atoms with Crippen LogP contribution in [0.2, 0.25) is 0 Å². The van der Waals surface area contributed by atoms with Gasteiger partial charge in [-0.1, -0.05) is 25.7 Å². The second kappa shape index (κ2) is 6.85. The van der Waals surface area contributed by atoms with Crippen molar-refractivity contribution in [2.24, 2.45) is 5.41 Å². The normalized spacial score (nSPS) is 30.0. The fourth-order valence-electron chi connectivity index (χ4n) is 3.34. The van der Waals surface area contributed by atoms with Crippen LogP contribution >= 0.6 is 0 Å². The molecule has 18 heavy (non-hydrogen) atoms. The number of hydrogen-bond donors (Lipinski definition) is 2. The van der Waals surface area contributed by atoms with Gasteiger partial charge in [0, 0.05) is 25.1 Å². The molecule has 1 aliphatic heterocycles. The molecule has 2 fully saturated rings. The zero-order valence-electron chi connectivity index (χ0n) is 11.3. The Labute approximate surface area is 110 Å². The van der Waals surface area contributed by atoms with Crippen molar-refractivity contribution in [1.82, 2.24) is 4.90 Å². The van der Waals surface area contributed by atoms with Crippen LogP contribution in [-0.4, -0.2) is 60.7 Å². The molecule has 4 heteroatoms. The summed E-state index contributed by atoms with van der Waals surface area (Å²) in [6, 6.07) is 0.116. The molecule has 1 atom stereocenters. The average molecular weight is 257 g/mol. The molecule has 0 aromatic carbocycles. The van der Waals surface area contributed by atoms with Crippen molar-refractivity contribution in [2.75, 3.05) is 39.5 Å². The number of ether oxygens (including phenoxy) is 1. The number of aliphatic hydroxyl groups is 2.